The molecule has 0 bridgehead atoms. The Kier molecular flexibility index (Phi) is 28.0. The van der Waals surface area contributed by atoms with Crippen molar-refractivity contribution in [2.24, 2.45) is 0 Å². The van der Waals surface area contributed by atoms with Crippen LogP contribution in [0.3, 0.4) is 0 Å². The number of aliphatic hydroxyl groups excluding tert-OH is 3. The average Bonchev–Trinajstić information content (AvgIpc) is 4.23. The van der Waals surface area contributed by atoms with Gasteiger partial charge >= 0.3 is 0 Å². The number of hydrogen-bond donors (Lipinski definition) is 3. The summed E-state index contributed by atoms with van der Waals surface area (Å²) in [4.78, 5) is 58.0. The van der Waals surface area contributed by atoms with Gasteiger partial charge < -0.3 is 29.1 Å². The van der Waals surface area contributed by atoms with E-state index in [9.17, 15) is 19.2 Å². The van der Waals surface area contributed by atoms with Gasteiger partial charge in [-0.2, -0.15) is 22.7 Å². The van der Waals surface area contributed by atoms with Crippen LogP contribution in [0.5, 0.6) is 0 Å². The summed E-state index contributed by atoms with van der Waals surface area (Å²) in [6.45, 7) is 8.54. The number of carbonyl (C=O) groups is 3. The van der Waals surface area contributed by atoms with Gasteiger partial charge in [-0.25, -0.2) is 0 Å². The zero-order valence-electron chi connectivity index (χ0n) is 45.1. The van der Waals surface area contributed by atoms with Crippen molar-refractivity contribution in [2.45, 2.75) is 41.5 Å². The van der Waals surface area contributed by atoms with E-state index in [1.165, 1.54) is 86.6 Å². The number of benzene rings is 7. The normalized spacial score (nSPS) is 10.7. The first kappa shape index (κ1) is 67.9. The zero-order chi connectivity index (χ0) is 56.3. The van der Waals surface area contributed by atoms with Crippen molar-refractivity contribution < 1.29 is 98.9 Å². The van der Waals surface area contributed by atoms with Gasteiger partial charge in [0.15, 0.2) is 17.3 Å². The third kappa shape index (κ3) is 20.9. The zero-order valence-corrected chi connectivity index (χ0v) is 53.9. The number of para-hydroxylation sites is 4. The summed E-state index contributed by atoms with van der Waals surface area (Å²) in [7, 11) is 3.89. The van der Waals surface area contributed by atoms with E-state index in [0.717, 1.165) is 54.0 Å². The van der Waals surface area contributed by atoms with E-state index in [4.69, 9.17) is 29.1 Å². The molecule has 0 aliphatic rings. The molecule has 4 aromatic heterocycles. The van der Waals surface area contributed by atoms with Crippen molar-refractivity contribution >= 4 is 99.0 Å². The standard InChI is InChI=1S/C18H13N2O2S.C17H10NS.C13H8NO.3C5H8O2.3Ir/c1-20(2)12-8-7-11-9-13(18(21)22-15(11)10-12)17-19-14-5-3-4-6-16(14)23-17;1-2-8-13-12(6-1)7-5-9-14(13)17-18-15-10-3-4-11-16(15)19-17;1-2-6-10(7-3-1)13-14-11-8-4-5-9-12(11)15-13;3*1-4(6)3-5(2)7;;;/h3-8,10H,1-2H3;1-8,10-11H;1-6,8-9H;3*3,6H,1-2H3;;;/q3*-1;;;;;;. The first-order valence-corrected chi connectivity index (χ1v) is 25.7. The van der Waals surface area contributed by atoms with E-state index in [2.05, 4.69) is 76.7 Å². The van der Waals surface area contributed by atoms with Gasteiger partial charge in [0, 0.05) is 113 Å². The van der Waals surface area contributed by atoms with Gasteiger partial charge in [-0.15, -0.1) is 71.6 Å². The maximum atomic E-state index is 12.3. The Morgan fingerprint density at radius 2 is 1.04 bits per heavy atom. The average molecular weight is 1650 g/mol. The van der Waals surface area contributed by atoms with Gasteiger partial charge in [0.05, 0.1) is 44.4 Å². The summed E-state index contributed by atoms with van der Waals surface area (Å²) >= 11 is 3.19. The van der Waals surface area contributed by atoms with Crippen LogP contribution in [0.15, 0.2) is 201 Å². The van der Waals surface area contributed by atoms with Crippen molar-refractivity contribution in [3.8, 4) is 32.6 Å². The number of aromatic nitrogens is 3. The molecule has 3 N–H and O–H groups in total. The predicted molar refractivity (Wildman–Crippen MR) is 315 cm³/mol. The molecule has 0 atom stereocenters. The van der Waals surface area contributed by atoms with E-state index in [1.807, 2.05) is 122 Å². The summed E-state index contributed by atoms with van der Waals surface area (Å²) < 4.78 is 13.4. The topological polar surface area (TPSA) is 197 Å². The molecule has 13 nitrogen and oxygen atoms in total. The molecule has 0 amide bonds. The van der Waals surface area contributed by atoms with E-state index in [1.54, 1.807) is 11.3 Å². The van der Waals surface area contributed by atoms with E-state index < -0.39 is 5.63 Å². The fraction of sp³-hybridized carbons (Fsp3) is 0.127. The Bertz CT molecular complexity index is 3830. The van der Waals surface area contributed by atoms with Crippen LogP contribution in [0.1, 0.15) is 41.5 Å². The Morgan fingerprint density at radius 1 is 0.531 bits per heavy atom. The van der Waals surface area contributed by atoms with Crippen LogP contribution >= 0.6 is 22.7 Å². The van der Waals surface area contributed by atoms with E-state index in [-0.39, 0.29) is 94.9 Å². The minimum absolute atomic E-state index is 0. The third-order valence-corrected chi connectivity index (χ3v) is 12.5. The fourth-order valence-corrected chi connectivity index (χ4v) is 9.09. The number of carbonyl (C=O) groups excluding carboxylic acids is 3. The molecule has 0 fully saturated rings. The number of fused-ring (bicyclic) bond motifs is 5. The number of allylic oxidation sites excluding steroid dienone is 6. The number of aliphatic hydroxyl groups is 3. The summed E-state index contributed by atoms with van der Waals surface area (Å²) in [6, 6.07) is 59.2. The second-order valence-corrected chi connectivity index (χ2v) is 19.4. The number of nitrogens with zero attached hydrogens (tertiary/aromatic N) is 4. The van der Waals surface area contributed by atoms with Crippen LogP contribution in [0, 0.1) is 18.2 Å². The first-order chi connectivity index (χ1) is 37.3. The molecule has 0 aliphatic carbocycles. The molecule has 11 aromatic rings. The summed E-state index contributed by atoms with van der Waals surface area (Å²) in [6.07, 6.45) is 3.50. The molecule has 4 heterocycles. The van der Waals surface area contributed by atoms with Crippen LogP contribution in [0.2, 0.25) is 0 Å². The van der Waals surface area contributed by atoms with Gasteiger partial charge in [-0.3, -0.25) is 34.1 Å². The largest absolute Gasteiger partial charge is 0.512 e. The Morgan fingerprint density at radius 3 is 1.53 bits per heavy atom. The molecule has 0 spiro atoms. The van der Waals surface area contributed by atoms with Crippen molar-refractivity contribution in [3.05, 3.63) is 216 Å². The first-order valence-electron chi connectivity index (χ1n) is 24.1. The monoisotopic (exact) mass is 1650 g/mol. The molecular weight excluding hydrogens is 1600 g/mol. The van der Waals surface area contributed by atoms with Crippen LogP contribution in [-0.2, 0) is 74.7 Å². The van der Waals surface area contributed by atoms with E-state index >= 15 is 0 Å². The van der Waals surface area contributed by atoms with Crippen molar-refractivity contribution in [3.63, 3.8) is 0 Å². The van der Waals surface area contributed by atoms with Gasteiger partial charge in [-0.05, 0) is 89.6 Å². The maximum absolute atomic E-state index is 12.3. The van der Waals surface area contributed by atoms with Crippen molar-refractivity contribution in [1.82, 2.24) is 15.0 Å². The van der Waals surface area contributed by atoms with Crippen LogP contribution < -0.4 is 10.5 Å². The molecule has 423 valence electrons. The van der Waals surface area contributed by atoms with Gasteiger partial charge in [0.2, 0.25) is 0 Å². The quantitative estimate of drug-likeness (QED) is 0.0590. The number of anilines is 1. The fourth-order valence-electron chi connectivity index (χ4n) is 7.15. The molecule has 18 heteroatoms. The molecule has 0 saturated carbocycles. The second kappa shape index (κ2) is 33.4. The minimum atomic E-state index is -0.410. The maximum Gasteiger partial charge on any atom is 0.269 e. The molecule has 81 heavy (non-hydrogen) atoms. The van der Waals surface area contributed by atoms with Crippen LogP contribution in [0.4, 0.5) is 5.69 Å². The number of hydrogen-bond acceptors (Lipinski definition) is 15. The molecule has 3 radical (unpaired) electrons. The van der Waals surface area contributed by atoms with Crippen molar-refractivity contribution in [2.75, 3.05) is 19.0 Å². The number of ketones is 3. The molecular formula is C63H55Ir3N4O9S2-3. The molecule has 0 aliphatic heterocycles. The van der Waals surface area contributed by atoms with Crippen LogP contribution in [-0.4, -0.2) is 61.7 Å². The van der Waals surface area contributed by atoms with Crippen molar-refractivity contribution in [1.29, 1.82) is 0 Å². The van der Waals surface area contributed by atoms with Gasteiger partial charge in [0.1, 0.15) is 11.5 Å². The summed E-state index contributed by atoms with van der Waals surface area (Å²) in [5.74, 6) is 0.435. The van der Waals surface area contributed by atoms with Gasteiger partial charge in [-0.1, -0.05) is 83.1 Å². The van der Waals surface area contributed by atoms with Crippen LogP contribution in [0.25, 0.3) is 85.9 Å². The molecule has 0 saturated heterocycles. The molecule has 0 unspecified atom stereocenters. The number of oxazole rings is 1. The second-order valence-electron chi connectivity index (χ2n) is 17.3. The number of rotatable bonds is 7. The summed E-state index contributed by atoms with van der Waals surface area (Å²) in [5, 5.41) is 30.0. The van der Waals surface area contributed by atoms with Gasteiger partial charge in [0.25, 0.3) is 5.63 Å². The molecule has 11 rings (SSSR count). The third-order valence-electron chi connectivity index (χ3n) is 10.4. The Hall–Kier alpha value is -7.36. The predicted octanol–water partition coefficient (Wildman–Crippen LogP) is 15.3. The Labute approximate surface area is 517 Å². The Balaban J connectivity index is 0.000000271. The summed E-state index contributed by atoms with van der Waals surface area (Å²) in [5.41, 5.74) is 7.09. The minimum Gasteiger partial charge on any atom is -0.512 e. The smallest absolute Gasteiger partial charge is 0.269 e. The number of thiazole rings is 2. The molecule has 7 aromatic carbocycles. The SMILES string of the molecule is CC(=O)C=C(C)O.CC(=O)C=C(C)O.CC(=O)C=C(C)O.CN(C)c1ccc2[c-]c(-c3nc4ccccc4s3)c(=O)oc2c1.[Ir].[Ir].[Ir].[c-]1ccc2ccccc2c1-c1nc2ccccc2s1.[c-]1ccccc1-c1nc2ccccc2o1. The van der Waals surface area contributed by atoms with E-state index in [0.29, 0.717) is 22.0 Å².